The van der Waals surface area contributed by atoms with Gasteiger partial charge in [-0.25, -0.2) is 5.48 Å². The van der Waals surface area contributed by atoms with Crippen LogP contribution in [0.5, 0.6) is 5.75 Å². The quantitative estimate of drug-likeness (QED) is 0.606. The summed E-state index contributed by atoms with van der Waals surface area (Å²) in [4.78, 5) is 5.09. The van der Waals surface area contributed by atoms with Crippen molar-refractivity contribution in [2.45, 2.75) is 0 Å². The average molecular weight is 149 g/mol. The lowest BCUT2D eigenvalue weighted by atomic mass is 10.2. The van der Waals surface area contributed by atoms with Crippen molar-refractivity contribution in [1.29, 1.82) is 0 Å². The van der Waals surface area contributed by atoms with E-state index in [-0.39, 0.29) is 5.48 Å². The van der Waals surface area contributed by atoms with Gasteiger partial charge in [0.2, 0.25) is 0 Å². The number of benzene rings is 1. The van der Waals surface area contributed by atoms with Gasteiger partial charge in [0.1, 0.15) is 0 Å². The van der Waals surface area contributed by atoms with Crippen molar-refractivity contribution in [1.82, 2.24) is 5.48 Å². The molecule has 1 N–H and O–H groups in total. The SMILES string of the molecule is C1=Cc2ccccc2ON1.[O]. The summed E-state index contributed by atoms with van der Waals surface area (Å²) in [5.74, 6) is 0.880. The zero-order valence-corrected chi connectivity index (χ0v) is 5.78. The lowest BCUT2D eigenvalue weighted by molar-refractivity contribution is 0.239. The van der Waals surface area contributed by atoms with Gasteiger partial charge in [0.25, 0.3) is 0 Å². The number of hydroxylamine groups is 1. The number of fused-ring (bicyclic) bond motifs is 1. The molecule has 0 saturated carbocycles. The number of rotatable bonds is 0. The third-order valence-corrected chi connectivity index (χ3v) is 1.42. The maximum atomic E-state index is 5.09. The van der Waals surface area contributed by atoms with Crippen molar-refractivity contribution in [3.8, 4) is 5.75 Å². The van der Waals surface area contributed by atoms with Crippen LogP contribution in [0, 0.1) is 0 Å². The zero-order chi connectivity index (χ0) is 6.81. The molecule has 0 aliphatic carbocycles. The highest BCUT2D eigenvalue weighted by Crippen LogP contribution is 2.20. The first-order chi connectivity index (χ1) is 4.97. The topological polar surface area (TPSA) is 49.8 Å². The highest BCUT2D eigenvalue weighted by atomic mass is 16.6. The van der Waals surface area contributed by atoms with Crippen molar-refractivity contribution >= 4 is 6.08 Å². The monoisotopic (exact) mass is 149 g/mol. The van der Waals surface area contributed by atoms with Gasteiger partial charge in [0, 0.05) is 17.2 Å². The highest BCUT2D eigenvalue weighted by molar-refractivity contribution is 5.57. The van der Waals surface area contributed by atoms with Gasteiger partial charge in [-0.1, -0.05) is 18.2 Å². The summed E-state index contributed by atoms with van der Waals surface area (Å²) in [5, 5.41) is 0. The molecule has 0 saturated heterocycles. The lowest BCUT2D eigenvalue weighted by Crippen LogP contribution is -2.13. The fourth-order valence-corrected chi connectivity index (χ4v) is 0.932. The molecule has 1 aromatic rings. The first-order valence-corrected chi connectivity index (χ1v) is 3.15. The molecule has 11 heavy (non-hydrogen) atoms. The number of para-hydroxylation sites is 1. The summed E-state index contributed by atoms with van der Waals surface area (Å²) >= 11 is 0. The molecule has 1 aliphatic heterocycles. The molecule has 3 heteroatoms. The molecule has 3 nitrogen and oxygen atoms in total. The van der Waals surface area contributed by atoms with Gasteiger partial charge < -0.3 is 4.84 Å². The second-order valence-corrected chi connectivity index (χ2v) is 2.09. The van der Waals surface area contributed by atoms with Gasteiger partial charge in [0.15, 0.2) is 5.75 Å². The van der Waals surface area contributed by atoms with Gasteiger partial charge in [-0.2, -0.15) is 0 Å². The molecule has 0 amide bonds. The maximum absolute atomic E-state index is 5.09. The minimum atomic E-state index is 0. The van der Waals surface area contributed by atoms with Gasteiger partial charge in [-0.05, 0) is 12.1 Å². The molecule has 2 radical (unpaired) electrons. The Morgan fingerprint density at radius 2 is 2.00 bits per heavy atom. The van der Waals surface area contributed by atoms with Crippen LogP contribution in [0.3, 0.4) is 0 Å². The summed E-state index contributed by atoms with van der Waals surface area (Å²) in [6.07, 6.45) is 3.74. The van der Waals surface area contributed by atoms with Crippen molar-refractivity contribution < 1.29 is 10.3 Å². The van der Waals surface area contributed by atoms with E-state index in [0.717, 1.165) is 11.3 Å². The molecule has 0 atom stereocenters. The molecule has 0 aromatic heterocycles. The first-order valence-electron chi connectivity index (χ1n) is 3.15. The van der Waals surface area contributed by atoms with E-state index in [2.05, 4.69) is 5.48 Å². The molecule has 1 heterocycles. The molecule has 1 aliphatic rings. The molecule has 2 rings (SSSR count). The minimum Gasteiger partial charge on any atom is -0.382 e. The largest absolute Gasteiger partial charge is 0.382 e. The van der Waals surface area contributed by atoms with Gasteiger partial charge >= 0.3 is 0 Å². The van der Waals surface area contributed by atoms with E-state index in [1.54, 1.807) is 6.20 Å². The average Bonchev–Trinajstić information content (AvgIpc) is 2.05. The van der Waals surface area contributed by atoms with E-state index in [0.29, 0.717) is 0 Å². The molecule has 0 unspecified atom stereocenters. The Bertz CT molecular complexity index is 271. The summed E-state index contributed by atoms with van der Waals surface area (Å²) < 4.78 is 0. The van der Waals surface area contributed by atoms with Crippen LogP contribution in [0.1, 0.15) is 5.56 Å². The Hall–Kier alpha value is -1.48. The lowest BCUT2D eigenvalue weighted by Gasteiger charge is -2.11. The fourth-order valence-electron chi connectivity index (χ4n) is 0.932. The molecular weight excluding hydrogens is 142 g/mol. The number of hydrogen-bond donors (Lipinski definition) is 1. The van der Waals surface area contributed by atoms with Crippen LogP contribution in [-0.4, -0.2) is 0 Å². The smallest absolute Gasteiger partial charge is 0.162 e. The molecule has 0 bridgehead atoms. The predicted molar refractivity (Wildman–Crippen MR) is 39.9 cm³/mol. The fraction of sp³-hybridized carbons (Fsp3) is 0. The van der Waals surface area contributed by atoms with Crippen molar-refractivity contribution in [3.63, 3.8) is 0 Å². The van der Waals surface area contributed by atoms with E-state index in [9.17, 15) is 0 Å². The second kappa shape index (κ2) is 3.07. The predicted octanol–water partition coefficient (Wildman–Crippen LogP) is 1.44. The Labute approximate surface area is 64.6 Å². The number of nitrogens with one attached hydrogen (secondary N) is 1. The summed E-state index contributed by atoms with van der Waals surface area (Å²) in [6.45, 7) is 0. The molecule has 1 aromatic carbocycles. The maximum Gasteiger partial charge on any atom is 0.162 e. The Morgan fingerprint density at radius 3 is 2.82 bits per heavy atom. The first kappa shape index (κ1) is 7.63. The molecule has 56 valence electrons. The van der Waals surface area contributed by atoms with Crippen molar-refractivity contribution in [2.24, 2.45) is 0 Å². The van der Waals surface area contributed by atoms with E-state index in [1.807, 2.05) is 30.3 Å². The molecule has 0 fully saturated rings. The highest BCUT2D eigenvalue weighted by Gasteiger charge is 2.01. The van der Waals surface area contributed by atoms with Gasteiger partial charge in [-0.15, -0.1) is 0 Å². The minimum absolute atomic E-state index is 0. The third kappa shape index (κ3) is 1.33. The Morgan fingerprint density at radius 1 is 1.18 bits per heavy atom. The van der Waals surface area contributed by atoms with Crippen LogP contribution in [0.2, 0.25) is 0 Å². The van der Waals surface area contributed by atoms with Crippen LogP contribution in [0.15, 0.2) is 30.5 Å². The van der Waals surface area contributed by atoms with E-state index >= 15 is 0 Å². The van der Waals surface area contributed by atoms with Crippen LogP contribution < -0.4 is 10.3 Å². The van der Waals surface area contributed by atoms with E-state index < -0.39 is 0 Å². The normalized spacial score (nSPS) is 12.0. The summed E-state index contributed by atoms with van der Waals surface area (Å²) in [5.41, 5.74) is 3.77. The number of hydrogen-bond acceptors (Lipinski definition) is 2. The van der Waals surface area contributed by atoms with Gasteiger partial charge in [-0.3, -0.25) is 0 Å². The summed E-state index contributed by atoms with van der Waals surface area (Å²) in [7, 11) is 0. The van der Waals surface area contributed by atoms with E-state index in [1.165, 1.54) is 0 Å². The van der Waals surface area contributed by atoms with Crippen LogP contribution in [-0.2, 0) is 5.48 Å². The van der Waals surface area contributed by atoms with Gasteiger partial charge in [0.05, 0.1) is 0 Å². The van der Waals surface area contributed by atoms with Crippen molar-refractivity contribution in [3.05, 3.63) is 36.0 Å². The van der Waals surface area contributed by atoms with Crippen molar-refractivity contribution in [2.75, 3.05) is 0 Å². The van der Waals surface area contributed by atoms with Crippen LogP contribution >= 0.6 is 0 Å². The Kier molecular flexibility index (Phi) is 2.13. The second-order valence-electron chi connectivity index (χ2n) is 2.09. The van der Waals surface area contributed by atoms with E-state index in [4.69, 9.17) is 4.84 Å². The molecule has 0 spiro atoms. The third-order valence-electron chi connectivity index (χ3n) is 1.42. The van der Waals surface area contributed by atoms with Crippen LogP contribution in [0.25, 0.3) is 6.08 Å². The standard InChI is InChI=1S/C8H7NO.O/c1-2-4-8-7(3-1)5-6-9-10-8;/h1-6,9H;. The van der Waals surface area contributed by atoms with Crippen LogP contribution in [0.4, 0.5) is 0 Å². The molecular formula is C8H7NO2. The Balaban J connectivity index is 0.000000605. The zero-order valence-electron chi connectivity index (χ0n) is 5.78. The summed E-state index contributed by atoms with van der Waals surface area (Å²) in [6, 6.07) is 7.86.